The van der Waals surface area contributed by atoms with Crippen LogP contribution in [0.1, 0.15) is 92.4 Å². The molecule has 0 aliphatic rings. The molecule has 0 saturated carbocycles. The smallest absolute Gasteiger partial charge is 0.311 e. The SMILES string of the molecule is CCCCCCC(CCCCC)COC(=O)C(C)(C)C. The zero-order chi connectivity index (χ0) is 15.4. The zero-order valence-electron chi connectivity index (χ0n) is 14.5. The normalized spacial score (nSPS) is 13.2. The van der Waals surface area contributed by atoms with Gasteiger partial charge in [-0.25, -0.2) is 0 Å². The number of ether oxygens (including phenoxy) is 1. The van der Waals surface area contributed by atoms with Gasteiger partial charge in [-0.2, -0.15) is 0 Å². The minimum absolute atomic E-state index is 0.0634. The van der Waals surface area contributed by atoms with E-state index < -0.39 is 0 Å². The van der Waals surface area contributed by atoms with E-state index >= 15 is 0 Å². The van der Waals surface area contributed by atoms with Crippen molar-refractivity contribution in [2.75, 3.05) is 6.61 Å². The van der Waals surface area contributed by atoms with E-state index in [1.54, 1.807) is 0 Å². The Hall–Kier alpha value is -0.530. The van der Waals surface area contributed by atoms with E-state index in [1.807, 2.05) is 20.8 Å². The van der Waals surface area contributed by atoms with Gasteiger partial charge in [0.2, 0.25) is 0 Å². The number of carbonyl (C=O) groups excluding carboxylic acids is 1. The first-order chi connectivity index (χ1) is 9.41. The van der Waals surface area contributed by atoms with Crippen LogP contribution in [0.2, 0.25) is 0 Å². The van der Waals surface area contributed by atoms with Crippen LogP contribution in [0.3, 0.4) is 0 Å². The fourth-order valence-corrected chi connectivity index (χ4v) is 2.26. The van der Waals surface area contributed by atoms with Gasteiger partial charge >= 0.3 is 5.97 Å². The molecule has 0 aromatic heterocycles. The Balaban J connectivity index is 4.06. The molecule has 0 aliphatic carbocycles. The summed E-state index contributed by atoms with van der Waals surface area (Å²) in [5, 5.41) is 0. The van der Waals surface area contributed by atoms with Crippen molar-refractivity contribution >= 4 is 5.97 Å². The minimum atomic E-state index is -0.379. The summed E-state index contributed by atoms with van der Waals surface area (Å²) in [6.07, 6.45) is 11.4. The van der Waals surface area contributed by atoms with Crippen molar-refractivity contribution in [3.63, 3.8) is 0 Å². The highest BCUT2D eigenvalue weighted by Crippen LogP contribution is 2.21. The van der Waals surface area contributed by atoms with Gasteiger partial charge in [-0.1, -0.05) is 58.8 Å². The molecule has 120 valence electrons. The summed E-state index contributed by atoms with van der Waals surface area (Å²) < 4.78 is 5.52. The molecule has 2 heteroatoms. The molecule has 20 heavy (non-hydrogen) atoms. The lowest BCUT2D eigenvalue weighted by atomic mass is 9.94. The highest BCUT2D eigenvalue weighted by atomic mass is 16.5. The van der Waals surface area contributed by atoms with Gasteiger partial charge in [0.15, 0.2) is 0 Å². The number of unbranched alkanes of at least 4 members (excludes halogenated alkanes) is 5. The van der Waals surface area contributed by atoms with Crippen LogP contribution in [0.15, 0.2) is 0 Å². The summed E-state index contributed by atoms with van der Waals surface area (Å²) in [4.78, 5) is 11.9. The summed E-state index contributed by atoms with van der Waals surface area (Å²) >= 11 is 0. The predicted octanol–water partition coefficient (Wildman–Crippen LogP) is 5.74. The molecule has 0 saturated heterocycles. The van der Waals surface area contributed by atoms with Crippen molar-refractivity contribution in [3.05, 3.63) is 0 Å². The molecule has 0 aliphatic heterocycles. The Kier molecular flexibility index (Phi) is 10.9. The summed E-state index contributed by atoms with van der Waals surface area (Å²) in [6, 6.07) is 0. The first kappa shape index (κ1) is 19.5. The lowest BCUT2D eigenvalue weighted by Gasteiger charge is -2.21. The maximum absolute atomic E-state index is 11.9. The molecule has 1 atom stereocenters. The van der Waals surface area contributed by atoms with Gasteiger partial charge in [0, 0.05) is 0 Å². The molecule has 0 spiro atoms. The quantitative estimate of drug-likeness (QED) is 0.357. The third-order valence-electron chi connectivity index (χ3n) is 3.74. The molecule has 2 nitrogen and oxygen atoms in total. The molecule has 0 fully saturated rings. The minimum Gasteiger partial charge on any atom is -0.465 e. The van der Waals surface area contributed by atoms with Gasteiger partial charge < -0.3 is 4.74 Å². The van der Waals surface area contributed by atoms with Crippen molar-refractivity contribution in [1.82, 2.24) is 0 Å². The molecule has 0 heterocycles. The van der Waals surface area contributed by atoms with Crippen LogP contribution >= 0.6 is 0 Å². The van der Waals surface area contributed by atoms with Crippen LogP contribution in [-0.4, -0.2) is 12.6 Å². The van der Waals surface area contributed by atoms with E-state index in [4.69, 9.17) is 4.74 Å². The van der Waals surface area contributed by atoms with E-state index in [9.17, 15) is 4.79 Å². The molecule has 0 amide bonds. The van der Waals surface area contributed by atoms with Crippen LogP contribution in [0.4, 0.5) is 0 Å². The van der Waals surface area contributed by atoms with Gasteiger partial charge in [-0.15, -0.1) is 0 Å². The Labute approximate surface area is 126 Å². The van der Waals surface area contributed by atoms with Gasteiger partial charge in [-0.05, 0) is 39.5 Å². The molecule has 0 N–H and O–H groups in total. The van der Waals surface area contributed by atoms with Gasteiger partial charge in [0.05, 0.1) is 12.0 Å². The molecular weight excluding hydrogens is 248 g/mol. The Morgan fingerprint density at radius 2 is 1.40 bits per heavy atom. The number of rotatable bonds is 11. The van der Waals surface area contributed by atoms with Crippen LogP contribution in [0.5, 0.6) is 0 Å². The Bertz CT molecular complexity index is 240. The number of hydrogen-bond acceptors (Lipinski definition) is 2. The fourth-order valence-electron chi connectivity index (χ4n) is 2.26. The third-order valence-corrected chi connectivity index (χ3v) is 3.74. The maximum atomic E-state index is 11.9. The average molecular weight is 284 g/mol. The second-order valence-electron chi connectivity index (χ2n) is 7.06. The number of hydrogen-bond donors (Lipinski definition) is 0. The standard InChI is InChI=1S/C18H36O2/c1-6-8-10-12-14-16(13-11-9-7-2)15-20-17(19)18(3,4)5/h16H,6-15H2,1-5H3. The van der Waals surface area contributed by atoms with Crippen LogP contribution in [0.25, 0.3) is 0 Å². The summed E-state index contributed by atoms with van der Waals surface area (Å²) in [5.74, 6) is 0.497. The van der Waals surface area contributed by atoms with E-state index in [0.717, 1.165) is 0 Å². The molecule has 0 aromatic carbocycles. The summed E-state index contributed by atoms with van der Waals surface area (Å²) in [5.41, 5.74) is -0.379. The first-order valence-electron chi connectivity index (χ1n) is 8.59. The highest BCUT2D eigenvalue weighted by Gasteiger charge is 2.24. The summed E-state index contributed by atoms with van der Waals surface area (Å²) in [6.45, 7) is 10.8. The van der Waals surface area contributed by atoms with Crippen molar-refractivity contribution in [3.8, 4) is 0 Å². The fraction of sp³-hybridized carbons (Fsp3) is 0.944. The predicted molar refractivity (Wildman–Crippen MR) is 86.8 cm³/mol. The van der Waals surface area contributed by atoms with E-state index in [1.165, 1.54) is 57.8 Å². The van der Waals surface area contributed by atoms with Crippen LogP contribution in [0, 0.1) is 11.3 Å². The average Bonchev–Trinajstić information content (AvgIpc) is 2.38. The molecule has 1 unspecified atom stereocenters. The Morgan fingerprint density at radius 1 is 0.900 bits per heavy atom. The number of esters is 1. The second-order valence-corrected chi connectivity index (χ2v) is 7.06. The largest absolute Gasteiger partial charge is 0.465 e. The molecule has 0 rings (SSSR count). The lowest BCUT2D eigenvalue weighted by molar-refractivity contribution is -0.154. The zero-order valence-corrected chi connectivity index (χ0v) is 14.5. The third kappa shape index (κ3) is 10.3. The van der Waals surface area contributed by atoms with Gasteiger partial charge in [0.1, 0.15) is 0 Å². The molecule has 0 radical (unpaired) electrons. The van der Waals surface area contributed by atoms with Crippen LogP contribution in [-0.2, 0) is 9.53 Å². The van der Waals surface area contributed by atoms with Gasteiger partial charge in [0.25, 0.3) is 0 Å². The topological polar surface area (TPSA) is 26.3 Å². The van der Waals surface area contributed by atoms with E-state index in [0.29, 0.717) is 12.5 Å². The van der Waals surface area contributed by atoms with E-state index in [2.05, 4.69) is 13.8 Å². The van der Waals surface area contributed by atoms with Crippen molar-refractivity contribution in [2.45, 2.75) is 92.4 Å². The molecule has 0 aromatic rings. The molecule has 0 bridgehead atoms. The van der Waals surface area contributed by atoms with E-state index in [-0.39, 0.29) is 11.4 Å². The monoisotopic (exact) mass is 284 g/mol. The maximum Gasteiger partial charge on any atom is 0.311 e. The van der Waals surface area contributed by atoms with Crippen molar-refractivity contribution in [2.24, 2.45) is 11.3 Å². The van der Waals surface area contributed by atoms with Crippen molar-refractivity contribution in [1.29, 1.82) is 0 Å². The van der Waals surface area contributed by atoms with Gasteiger partial charge in [-0.3, -0.25) is 4.79 Å². The second kappa shape index (κ2) is 11.2. The highest BCUT2D eigenvalue weighted by molar-refractivity contribution is 5.75. The van der Waals surface area contributed by atoms with Crippen molar-refractivity contribution < 1.29 is 9.53 Å². The summed E-state index contributed by atoms with van der Waals surface area (Å²) in [7, 11) is 0. The lowest BCUT2D eigenvalue weighted by Crippen LogP contribution is -2.25. The Morgan fingerprint density at radius 3 is 1.90 bits per heavy atom. The molecular formula is C18H36O2. The van der Waals surface area contributed by atoms with Crippen LogP contribution < -0.4 is 0 Å². The number of carbonyl (C=O) groups is 1. The first-order valence-corrected chi connectivity index (χ1v) is 8.59.